The van der Waals surface area contributed by atoms with E-state index in [2.05, 4.69) is 72.1 Å². The molecule has 1 saturated heterocycles. The van der Waals surface area contributed by atoms with Gasteiger partial charge in [-0.25, -0.2) is 9.69 Å². The zero-order chi connectivity index (χ0) is 24.9. The highest BCUT2D eigenvalue weighted by Crippen LogP contribution is 2.43. The van der Waals surface area contributed by atoms with Crippen LogP contribution >= 0.6 is 0 Å². The summed E-state index contributed by atoms with van der Waals surface area (Å²) in [6.45, 7) is 24.4. The second kappa shape index (κ2) is 12.0. The van der Waals surface area contributed by atoms with Gasteiger partial charge >= 0.3 is 6.03 Å². The Bertz CT molecular complexity index is 622. The third kappa shape index (κ3) is 7.17. The van der Waals surface area contributed by atoms with Crippen LogP contribution in [0.3, 0.4) is 0 Å². The summed E-state index contributed by atoms with van der Waals surface area (Å²) >= 11 is 0. The summed E-state index contributed by atoms with van der Waals surface area (Å²) in [7, 11) is 0. The fourth-order valence-corrected chi connectivity index (χ4v) is 5.88. The molecule has 1 unspecified atom stereocenters. The fourth-order valence-electron chi connectivity index (χ4n) is 5.88. The smallest absolute Gasteiger partial charge is 0.297 e. The second-order valence-corrected chi connectivity index (χ2v) is 12.5. The maximum absolute atomic E-state index is 14.0. The van der Waals surface area contributed by atoms with Gasteiger partial charge in [-0.3, -0.25) is 19.5 Å². The quantitative estimate of drug-likeness (QED) is 0.345. The van der Waals surface area contributed by atoms with Crippen LogP contribution in [0.5, 0.6) is 0 Å². The molecule has 0 N–H and O–H groups in total. The molecular formula is C27H52N4O2. The molecule has 6 heteroatoms. The number of carbonyl (C=O) groups is 2. The van der Waals surface area contributed by atoms with Gasteiger partial charge in [-0.05, 0) is 49.4 Å². The number of nitrogens with zero attached hydrogens (tertiary/aromatic N) is 4. The van der Waals surface area contributed by atoms with Crippen molar-refractivity contribution in [1.29, 1.82) is 0 Å². The van der Waals surface area contributed by atoms with Crippen LogP contribution in [-0.4, -0.2) is 76.6 Å². The van der Waals surface area contributed by atoms with Gasteiger partial charge in [0.25, 0.3) is 5.91 Å². The minimum atomic E-state index is -0.735. The first-order valence-corrected chi connectivity index (χ1v) is 13.4. The molecule has 2 rings (SSSR count). The van der Waals surface area contributed by atoms with E-state index < -0.39 is 5.54 Å². The largest absolute Gasteiger partial charge is 0.329 e. The molecule has 0 bridgehead atoms. The molecule has 3 amide bonds. The molecule has 1 aliphatic heterocycles. The summed E-state index contributed by atoms with van der Waals surface area (Å²) in [5, 5.41) is 0. The van der Waals surface area contributed by atoms with E-state index in [9.17, 15) is 9.59 Å². The van der Waals surface area contributed by atoms with Crippen molar-refractivity contribution in [2.75, 3.05) is 39.5 Å². The Morgan fingerprint density at radius 2 is 1.15 bits per heavy atom. The maximum Gasteiger partial charge on any atom is 0.329 e. The van der Waals surface area contributed by atoms with Gasteiger partial charge < -0.3 is 0 Å². The predicted molar refractivity (Wildman–Crippen MR) is 137 cm³/mol. The van der Waals surface area contributed by atoms with E-state index in [4.69, 9.17) is 0 Å². The molecule has 33 heavy (non-hydrogen) atoms. The Labute approximate surface area is 204 Å². The van der Waals surface area contributed by atoms with E-state index in [-0.39, 0.29) is 17.9 Å². The molecule has 192 valence electrons. The van der Waals surface area contributed by atoms with Gasteiger partial charge in [0, 0.05) is 26.2 Å². The lowest BCUT2D eigenvalue weighted by Gasteiger charge is -2.40. The van der Waals surface area contributed by atoms with Gasteiger partial charge in [0.1, 0.15) is 5.54 Å². The average Bonchev–Trinajstić information content (AvgIpc) is 3.26. The third-order valence-electron chi connectivity index (χ3n) is 7.03. The van der Waals surface area contributed by atoms with Crippen LogP contribution in [0, 0.1) is 29.6 Å². The fraction of sp³-hybridized carbons (Fsp3) is 0.926. The molecule has 0 aromatic heterocycles. The number of hydrogen-bond acceptors (Lipinski definition) is 4. The zero-order valence-electron chi connectivity index (χ0n) is 23.1. The highest BCUT2D eigenvalue weighted by molar-refractivity contribution is 6.07. The van der Waals surface area contributed by atoms with Crippen LogP contribution in [0.2, 0.25) is 0 Å². The minimum absolute atomic E-state index is 0.0194. The van der Waals surface area contributed by atoms with Gasteiger partial charge in [-0.1, -0.05) is 68.2 Å². The van der Waals surface area contributed by atoms with E-state index >= 15 is 0 Å². The molecule has 0 spiro atoms. The van der Waals surface area contributed by atoms with Crippen molar-refractivity contribution < 1.29 is 9.59 Å². The monoisotopic (exact) mass is 464 g/mol. The highest BCUT2D eigenvalue weighted by atomic mass is 16.2. The lowest BCUT2D eigenvalue weighted by molar-refractivity contribution is -0.137. The van der Waals surface area contributed by atoms with Crippen molar-refractivity contribution >= 4 is 11.9 Å². The van der Waals surface area contributed by atoms with Crippen LogP contribution in [-0.2, 0) is 4.79 Å². The number of amides is 3. The van der Waals surface area contributed by atoms with Gasteiger partial charge in [-0.2, -0.15) is 0 Å². The number of hydrogen-bond donors (Lipinski definition) is 0. The lowest BCUT2D eigenvalue weighted by Crippen LogP contribution is -2.56. The third-order valence-corrected chi connectivity index (χ3v) is 7.03. The molecule has 1 atom stereocenters. The van der Waals surface area contributed by atoms with Crippen LogP contribution in [0.4, 0.5) is 4.79 Å². The summed E-state index contributed by atoms with van der Waals surface area (Å²) in [6.07, 6.45) is 4.39. The van der Waals surface area contributed by atoms with Crippen LogP contribution in [0.1, 0.15) is 88.0 Å². The van der Waals surface area contributed by atoms with Gasteiger partial charge in [0.15, 0.2) is 0 Å². The first-order valence-electron chi connectivity index (χ1n) is 13.4. The molecule has 0 radical (unpaired) electrons. The summed E-state index contributed by atoms with van der Waals surface area (Å²) in [4.78, 5) is 36.1. The van der Waals surface area contributed by atoms with Crippen LogP contribution in [0.15, 0.2) is 0 Å². The van der Waals surface area contributed by atoms with Gasteiger partial charge in [-0.15, -0.1) is 0 Å². The van der Waals surface area contributed by atoms with Crippen LogP contribution < -0.4 is 0 Å². The summed E-state index contributed by atoms with van der Waals surface area (Å²) in [5.41, 5.74) is -0.735. The van der Waals surface area contributed by atoms with Gasteiger partial charge in [0.2, 0.25) is 0 Å². The van der Waals surface area contributed by atoms with Crippen molar-refractivity contribution in [3.63, 3.8) is 0 Å². The van der Waals surface area contributed by atoms with E-state index in [1.807, 2.05) is 4.90 Å². The molecule has 6 nitrogen and oxygen atoms in total. The van der Waals surface area contributed by atoms with Gasteiger partial charge in [0.05, 0.1) is 13.3 Å². The molecule has 1 aliphatic carbocycles. The van der Waals surface area contributed by atoms with E-state index in [0.29, 0.717) is 37.0 Å². The van der Waals surface area contributed by atoms with E-state index in [0.717, 1.165) is 51.9 Å². The molecule has 0 aromatic carbocycles. The van der Waals surface area contributed by atoms with Crippen molar-refractivity contribution in [3.8, 4) is 0 Å². The van der Waals surface area contributed by atoms with E-state index in [1.54, 1.807) is 4.90 Å². The topological polar surface area (TPSA) is 47.1 Å². The summed E-state index contributed by atoms with van der Waals surface area (Å²) in [5.74, 6) is 2.27. The van der Waals surface area contributed by atoms with Crippen LogP contribution in [0.25, 0.3) is 0 Å². The summed E-state index contributed by atoms with van der Waals surface area (Å²) in [6, 6.07) is -0.0931. The normalized spacial score (nSPS) is 22.8. The highest BCUT2D eigenvalue weighted by Gasteiger charge is 2.58. The molecule has 2 fully saturated rings. The Kier molecular flexibility index (Phi) is 10.2. The van der Waals surface area contributed by atoms with Crippen molar-refractivity contribution in [2.45, 2.75) is 93.5 Å². The zero-order valence-corrected chi connectivity index (χ0v) is 23.1. The first kappa shape index (κ1) is 28.1. The van der Waals surface area contributed by atoms with Crippen molar-refractivity contribution in [3.05, 3.63) is 0 Å². The molecular weight excluding hydrogens is 412 g/mol. The molecule has 2 aliphatic rings. The van der Waals surface area contributed by atoms with Crippen molar-refractivity contribution in [2.24, 2.45) is 29.6 Å². The second-order valence-electron chi connectivity index (χ2n) is 12.5. The first-order chi connectivity index (χ1) is 15.4. The maximum atomic E-state index is 14.0. The SMILES string of the molecule is CC(C)CN(CC(C)C)CN1C(=O)N(CN(CC(C)C)CC(C)C)C(C)(C2CCCC2)C1=O. The Hall–Kier alpha value is -1.14. The van der Waals surface area contributed by atoms with E-state index in [1.165, 1.54) is 0 Å². The number of urea groups is 1. The molecule has 1 heterocycles. The molecule has 1 saturated carbocycles. The minimum Gasteiger partial charge on any atom is -0.297 e. The van der Waals surface area contributed by atoms with Crippen molar-refractivity contribution in [1.82, 2.24) is 19.6 Å². The lowest BCUT2D eigenvalue weighted by atomic mass is 9.83. The number of imide groups is 1. The number of rotatable bonds is 13. The average molecular weight is 465 g/mol. The standard InChI is InChI=1S/C27H52N4O2/c1-20(2)14-28(15-21(3)4)18-30-25(32)27(9,24-12-10-11-13-24)31(26(30)33)19-29(16-22(5)6)17-23(7)8/h20-24H,10-19H2,1-9H3. The Morgan fingerprint density at radius 1 is 0.758 bits per heavy atom. The predicted octanol–water partition coefficient (Wildman–Crippen LogP) is 5.34. The summed E-state index contributed by atoms with van der Waals surface area (Å²) < 4.78 is 0. The Morgan fingerprint density at radius 3 is 1.55 bits per heavy atom. The number of carbonyl (C=O) groups excluding carboxylic acids is 2. The Balaban J connectivity index is 2.35. The molecule has 0 aromatic rings.